The van der Waals surface area contributed by atoms with E-state index in [-0.39, 0.29) is 48.7 Å². The molecule has 3 aliphatic rings. The third kappa shape index (κ3) is 6.34. The van der Waals surface area contributed by atoms with Crippen molar-refractivity contribution in [3.05, 3.63) is 64.9 Å². The van der Waals surface area contributed by atoms with Gasteiger partial charge in [0.25, 0.3) is 0 Å². The molecule has 1 N–H and O–H groups in total. The van der Waals surface area contributed by atoms with E-state index >= 15 is 0 Å². The third-order valence-corrected chi connectivity index (χ3v) is 9.51. The van der Waals surface area contributed by atoms with Crippen LogP contribution in [-0.4, -0.2) is 95.2 Å². The number of nitrogens with one attached hydrogen (secondary N) is 1. The zero-order valence-electron chi connectivity index (χ0n) is 26.5. The molecule has 1 aromatic carbocycles. The van der Waals surface area contributed by atoms with Crippen LogP contribution in [0.15, 0.2) is 36.5 Å². The number of hydrogen-bond donors (Lipinski definition) is 1. The number of piperazine rings is 1. The van der Waals surface area contributed by atoms with Crippen LogP contribution in [0.25, 0.3) is 5.65 Å². The summed E-state index contributed by atoms with van der Waals surface area (Å²) < 4.78 is 62.6. The van der Waals surface area contributed by atoms with Gasteiger partial charge >= 0.3 is 6.18 Å². The highest BCUT2D eigenvalue weighted by molar-refractivity contribution is 5.98. The van der Waals surface area contributed by atoms with Gasteiger partial charge in [0.2, 0.25) is 5.91 Å². The molecule has 3 aromatic rings. The normalized spacial score (nSPS) is 26.0. The lowest BCUT2D eigenvalue weighted by Gasteiger charge is -2.46. The van der Waals surface area contributed by atoms with Crippen LogP contribution >= 0.6 is 0 Å². The molecule has 0 spiro atoms. The van der Waals surface area contributed by atoms with E-state index in [2.05, 4.69) is 40.9 Å². The van der Waals surface area contributed by atoms with Gasteiger partial charge in [0.05, 0.1) is 31.1 Å². The Labute approximate surface area is 261 Å². The van der Waals surface area contributed by atoms with Gasteiger partial charge < -0.3 is 19.4 Å². The summed E-state index contributed by atoms with van der Waals surface area (Å²) in [6.07, 6.45) is -3.36. The second-order valence-corrected chi connectivity index (χ2v) is 13.7. The molecule has 6 rings (SSSR count). The van der Waals surface area contributed by atoms with E-state index in [9.17, 15) is 22.4 Å². The van der Waals surface area contributed by atoms with E-state index in [1.165, 1.54) is 16.5 Å². The van der Waals surface area contributed by atoms with Gasteiger partial charge in [0, 0.05) is 73.9 Å². The summed E-state index contributed by atoms with van der Waals surface area (Å²) in [6, 6.07) is 8.56. The highest BCUT2D eigenvalue weighted by Gasteiger charge is 2.43. The smallest absolute Gasteiger partial charge is 0.378 e. The fourth-order valence-electron chi connectivity index (χ4n) is 7.25. The van der Waals surface area contributed by atoms with Gasteiger partial charge in [0.1, 0.15) is 11.5 Å². The number of hydrogen-bond acceptors (Lipinski definition) is 6. The lowest BCUT2D eigenvalue weighted by molar-refractivity contribution is -0.140. The number of carbonyl (C=O) groups is 1. The maximum absolute atomic E-state index is 14.2. The molecule has 5 heterocycles. The minimum Gasteiger partial charge on any atom is -0.378 e. The van der Waals surface area contributed by atoms with Crippen LogP contribution in [0.2, 0.25) is 0 Å². The highest BCUT2D eigenvalue weighted by Crippen LogP contribution is 2.43. The van der Waals surface area contributed by atoms with E-state index in [1.54, 1.807) is 17.0 Å². The van der Waals surface area contributed by atoms with Crippen molar-refractivity contribution in [1.29, 1.82) is 0 Å². The summed E-state index contributed by atoms with van der Waals surface area (Å²) in [5.41, 5.74) is 1.06. The van der Waals surface area contributed by atoms with Crippen LogP contribution < -0.4 is 10.2 Å². The molecule has 45 heavy (non-hydrogen) atoms. The number of anilines is 1. The molecule has 2 aromatic heterocycles. The molecule has 0 bridgehead atoms. The monoisotopic (exact) mass is 630 g/mol. The Morgan fingerprint density at radius 2 is 1.80 bits per heavy atom. The number of morpholine rings is 1. The molecular weight excluding hydrogens is 588 g/mol. The van der Waals surface area contributed by atoms with Gasteiger partial charge in [0.15, 0.2) is 5.69 Å². The minimum absolute atomic E-state index is 0.0905. The number of ether oxygens (including phenoxy) is 1. The number of carbonyl (C=O) groups excluding carboxylic acids is 1. The Hall–Kier alpha value is -3.06. The number of aromatic nitrogens is 2. The molecule has 12 heteroatoms. The molecule has 2 saturated heterocycles. The molecule has 3 aliphatic heterocycles. The number of benzene rings is 1. The average molecular weight is 631 g/mol. The summed E-state index contributed by atoms with van der Waals surface area (Å²) in [6.45, 7) is 14.5. The van der Waals surface area contributed by atoms with Crippen LogP contribution in [0, 0.1) is 5.82 Å². The maximum atomic E-state index is 14.2. The van der Waals surface area contributed by atoms with E-state index in [1.807, 2.05) is 19.9 Å². The SMILES string of the molecule is C[C@@H]1CN(CC(=O)N2CC(C)(C)c3c2cc(Cc2ccc(F)cc2)c2nc(C(F)(F)F)cn32)[C@@H](CN2[C@H](C)COC[C@@H]2C)CN1. The molecule has 4 atom stereocenters. The Morgan fingerprint density at radius 1 is 1.11 bits per heavy atom. The topological polar surface area (TPSA) is 65.4 Å². The number of alkyl halides is 3. The predicted octanol–water partition coefficient (Wildman–Crippen LogP) is 4.48. The van der Waals surface area contributed by atoms with Gasteiger partial charge in [-0.05, 0) is 44.5 Å². The van der Waals surface area contributed by atoms with Crippen LogP contribution in [0.5, 0.6) is 0 Å². The molecule has 2 fully saturated rings. The van der Waals surface area contributed by atoms with Crippen molar-refractivity contribution in [3.63, 3.8) is 0 Å². The van der Waals surface area contributed by atoms with E-state index in [4.69, 9.17) is 4.74 Å². The first-order valence-corrected chi connectivity index (χ1v) is 15.7. The predicted molar refractivity (Wildman–Crippen MR) is 164 cm³/mol. The van der Waals surface area contributed by atoms with Crippen LogP contribution in [-0.2, 0) is 27.5 Å². The second-order valence-electron chi connectivity index (χ2n) is 13.7. The molecule has 0 unspecified atom stereocenters. The lowest BCUT2D eigenvalue weighted by Crippen LogP contribution is -2.63. The fourth-order valence-corrected chi connectivity index (χ4v) is 7.25. The first-order chi connectivity index (χ1) is 21.2. The van der Waals surface area contributed by atoms with Crippen molar-refractivity contribution >= 4 is 17.2 Å². The zero-order chi connectivity index (χ0) is 32.3. The van der Waals surface area contributed by atoms with E-state index < -0.39 is 23.1 Å². The first-order valence-electron chi connectivity index (χ1n) is 15.7. The van der Waals surface area contributed by atoms with Crippen molar-refractivity contribution in [2.75, 3.05) is 50.8 Å². The quantitative estimate of drug-likeness (QED) is 0.406. The second kappa shape index (κ2) is 11.9. The number of rotatable bonds is 6. The molecule has 0 saturated carbocycles. The number of nitrogens with zero attached hydrogens (tertiary/aromatic N) is 5. The maximum Gasteiger partial charge on any atom is 0.434 e. The Morgan fingerprint density at radius 3 is 2.47 bits per heavy atom. The summed E-state index contributed by atoms with van der Waals surface area (Å²) in [5, 5.41) is 3.57. The largest absolute Gasteiger partial charge is 0.434 e. The summed E-state index contributed by atoms with van der Waals surface area (Å²) in [5.74, 6) is -0.484. The number of imidazole rings is 1. The van der Waals surface area contributed by atoms with Crippen molar-refractivity contribution in [3.8, 4) is 0 Å². The Bertz CT molecular complexity index is 1550. The summed E-state index contributed by atoms with van der Waals surface area (Å²) in [7, 11) is 0. The molecule has 8 nitrogen and oxygen atoms in total. The molecule has 0 aliphatic carbocycles. The van der Waals surface area contributed by atoms with Crippen LogP contribution in [0.3, 0.4) is 0 Å². The molecule has 1 amide bonds. The van der Waals surface area contributed by atoms with Crippen LogP contribution in [0.1, 0.15) is 57.1 Å². The van der Waals surface area contributed by atoms with Crippen LogP contribution in [0.4, 0.5) is 23.2 Å². The van der Waals surface area contributed by atoms with E-state index in [0.29, 0.717) is 43.2 Å². The first kappa shape index (κ1) is 31.9. The third-order valence-electron chi connectivity index (χ3n) is 9.51. The zero-order valence-corrected chi connectivity index (χ0v) is 26.5. The fraction of sp³-hybridized carbons (Fsp3) is 0.576. The molecular formula is C33H42F4N6O2. The Balaban J connectivity index is 1.34. The summed E-state index contributed by atoms with van der Waals surface area (Å²) >= 11 is 0. The van der Waals surface area contributed by atoms with Gasteiger partial charge in [-0.25, -0.2) is 9.37 Å². The van der Waals surface area contributed by atoms with Gasteiger partial charge in [-0.1, -0.05) is 26.0 Å². The van der Waals surface area contributed by atoms with Gasteiger partial charge in [-0.3, -0.25) is 14.6 Å². The molecule has 244 valence electrons. The standard InChI is InChI=1S/C33H42F4N6O2/c1-20-13-40(26(12-38-20)14-41-21(2)17-45-18-22(41)3)16-29(44)43-19-32(4,5)30-27(43)11-24(10-23-6-8-25(34)9-7-23)31-39-28(15-42(30)31)33(35,36)37/h6-9,11,15,20-22,26,38H,10,12-14,16-19H2,1-5H3/t20-,21-,22+,26-/m1/s1. The number of amides is 1. The lowest BCUT2D eigenvalue weighted by atomic mass is 9.90. The number of halogens is 4. The average Bonchev–Trinajstić information content (AvgIpc) is 3.52. The number of fused-ring (bicyclic) bond motifs is 3. The summed E-state index contributed by atoms with van der Waals surface area (Å²) in [4.78, 5) is 24.7. The van der Waals surface area contributed by atoms with Crippen molar-refractivity contribution in [1.82, 2.24) is 24.5 Å². The number of pyridine rings is 1. The van der Waals surface area contributed by atoms with E-state index in [0.717, 1.165) is 24.8 Å². The molecule has 0 radical (unpaired) electrons. The van der Waals surface area contributed by atoms with Crippen molar-refractivity contribution in [2.24, 2.45) is 0 Å². The van der Waals surface area contributed by atoms with Crippen molar-refractivity contribution in [2.45, 2.75) is 76.8 Å². The van der Waals surface area contributed by atoms with Gasteiger partial charge in [-0.2, -0.15) is 13.2 Å². The highest BCUT2D eigenvalue weighted by atomic mass is 19.4. The Kier molecular flexibility index (Phi) is 8.47. The van der Waals surface area contributed by atoms with Gasteiger partial charge in [-0.15, -0.1) is 0 Å². The van der Waals surface area contributed by atoms with Crippen molar-refractivity contribution < 1.29 is 27.1 Å². The minimum atomic E-state index is -4.63.